The van der Waals surface area contributed by atoms with Crippen LogP contribution in [0.2, 0.25) is 5.02 Å². The fourth-order valence-electron chi connectivity index (χ4n) is 4.06. The Hall–Kier alpha value is -3.69. The predicted molar refractivity (Wildman–Crippen MR) is 138 cm³/mol. The molecule has 2 N–H and O–H groups in total. The van der Waals surface area contributed by atoms with Gasteiger partial charge in [0.25, 0.3) is 0 Å². The molecule has 10 heteroatoms. The van der Waals surface area contributed by atoms with Gasteiger partial charge in [0.1, 0.15) is 16.6 Å². The molecule has 1 aliphatic heterocycles. The Kier molecular flexibility index (Phi) is 6.04. The number of rotatable bonds is 4. The van der Waals surface area contributed by atoms with E-state index in [9.17, 15) is 4.79 Å². The van der Waals surface area contributed by atoms with Crippen LogP contribution in [0.5, 0.6) is 5.75 Å². The molecular formula is C25H23ClN6O2S. The van der Waals surface area contributed by atoms with Gasteiger partial charge in [0.15, 0.2) is 12.0 Å². The SMILES string of the molecule is COc1ccccc1NC(=O)NC1N=C(c2ccc(Cl)cc2)c2c(sc(C)c2C)-n2c(C)nnc21. The molecule has 8 nitrogen and oxygen atoms in total. The van der Waals surface area contributed by atoms with E-state index in [1.54, 1.807) is 30.6 Å². The fourth-order valence-corrected chi connectivity index (χ4v) is 5.40. The summed E-state index contributed by atoms with van der Waals surface area (Å²) >= 11 is 7.81. The van der Waals surface area contributed by atoms with Crippen LogP contribution >= 0.6 is 22.9 Å². The van der Waals surface area contributed by atoms with E-state index in [2.05, 4.69) is 34.7 Å². The van der Waals surface area contributed by atoms with Crippen LogP contribution < -0.4 is 15.4 Å². The lowest BCUT2D eigenvalue weighted by molar-refractivity contribution is 0.248. The van der Waals surface area contributed by atoms with Gasteiger partial charge in [-0.3, -0.25) is 9.56 Å². The van der Waals surface area contributed by atoms with Gasteiger partial charge in [0, 0.05) is 21.0 Å². The minimum absolute atomic E-state index is 0.441. The summed E-state index contributed by atoms with van der Waals surface area (Å²) in [7, 11) is 1.56. The molecular weight excluding hydrogens is 484 g/mol. The molecule has 2 aromatic heterocycles. The summed E-state index contributed by atoms with van der Waals surface area (Å²) in [5, 5.41) is 16.1. The molecule has 0 aliphatic carbocycles. The highest BCUT2D eigenvalue weighted by Crippen LogP contribution is 2.38. The number of fused-ring (bicyclic) bond motifs is 3. The molecule has 5 rings (SSSR count). The minimum Gasteiger partial charge on any atom is -0.495 e. The van der Waals surface area contributed by atoms with Crippen LogP contribution in [0.4, 0.5) is 10.5 Å². The number of nitrogens with one attached hydrogen (secondary N) is 2. The lowest BCUT2D eigenvalue weighted by atomic mass is 10.00. The Bertz CT molecular complexity index is 1460. The Morgan fingerprint density at radius 2 is 1.83 bits per heavy atom. The summed E-state index contributed by atoms with van der Waals surface area (Å²) in [5.74, 6) is 1.80. The van der Waals surface area contributed by atoms with Crippen LogP contribution in [0.1, 0.15) is 39.4 Å². The Morgan fingerprint density at radius 3 is 2.57 bits per heavy atom. The van der Waals surface area contributed by atoms with Crippen LogP contribution in [0.25, 0.3) is 5.00 Å². The summed E-state index contributed by atoms with van der Waals surface area (Å²) in [5.41, 5.74) is 4.31. The van der Waals surface area contributed by atoms with E-state index >= 15 is 0 Å². The van der Waals surface area contributed by atoms with Crippen molar-refractivity contribution in [1.82, 2.24) is 20.1 Å². The van der Waals surface area contributed by atoms with Crippen LogP contribution in [0.15, 0.2) is 53.5 Å². The van der Waals surface area contributed by atoms with Gasteiger partial charge in [-0.05, 0) is 50.6 Å². The molecule has 0 bridgehead atoms. The highest BCUT2D eigenvalue weighted by molar-refractivity contribution is 7.15. The number of aromatic nitrogens is 3. The van der Waals surface area contributed by atoms with Crippen molar-refractivity contribution in [2.75, 3.05) is 12.4 Å². The molecule has 2 amide bonds. The van der Waals surface area contributed by atoms with Crippen molar-refractivity contribution in [3.63, 3.8) is 0 Å². The maximum absolute atomic E-state index is 13.1. The molecule has 0 radical (unpaired) electrons. The van der Waals surface area contributed by atoms with Gasteiger partial charge in [-0.25, -0.2) is 4.79 Å². The molecule has 178 valence electrons. The second-order valence-electron chi connectivity index (χ2n) is 8.09. The Morgan fingerprint density at radius 1 is 1.09 bits per heavy atom. The third kappa shape index (κ3) is 4.17. The number of anilines is 1. The zero-order valence-electron chi connectivity index (χ0n) is 19.6. The molecule has 35 heavy (non-hydrogen) atoms. The number of methoxy groups -OCH3 is 1. The van der Waals surface area contributed by atoms with Crippen LogP contribution in [-0.4, -0.2) is 33.6 Å². The summed E-state index contributed by atoms with van der Waals surface area (Å²) in [6.07, 6.45) is -0.782. The normalized spacial score (nSPS) is 14.4. The van der Waals surface area contributed by atoms with Gasteiger partial charge in [0.05, 0.1) is 18.5 Å². The quantitative estimate of drug-likeness (QED) is 0.377. The largest absolute Gasteiger partial charge is 0.495 e. The van der Waals surface area contributed by atoms with Crippen molar-refractivity contribution in [2.24, 2.45) is 4.99 Å². The van der Waals surface area contributed by atoms with Gasteiger partial charge < -0.3 is 15.4 Å². The van der Waals surface area contributed by atoms with Gasteiger partial charge in [-0.1, -0.05) is 35.9 Å². The van der Waals surface area contributed by atoms with Crippen molar-refractivity contribution in [3.05, 3.63) is 86.8 Å². The first kappa shape index (κ1) is 23.1. The number of hydrogen-bond donors (Lipinski definition) is 2. The number of urea groups is 1. The first-order valence-electron chi connectivity index (χ1n) is 10.9. The van der Waals surface area contributed by atoms with Gasteiger partial charge in [0.2, 0.25) is 0 Å². The lowest BCUT2D eigenvalue weighted by Crippen LogP contribution is -2.33. The second-order valence-corrected chi connectivity index (χ2v) is 9.73. The topological polar surface area (TPSA) is 93.4 Å². The minimum atomic E-state index is -0.782. The van der Waals surface area contributed by atoms with E-state index in [1.165, 1.54) is 4.88 Å². The number of benzene rings is 2. The number of hydrogen-bond acceptors (Lipinski definition) is 6. The Balaban J connectivity index is 1.61. The number of carbonyl (C=O) groups excluding carboxylic acids is 1. The van der Waals surface area contributed by atoms with Crippen molar-refractivity contribution in [2.45, 2.75) is 26.9 Å². The highest BCUT2D eigenvalue weighted by Gasteiger charge is 2.32. The molecule has 1 unspecified atom stereocenters. The van der Waals surface area contributed by atoms with E-state index in [0.717, 1.165) is 27.4 Å². The number of para-hydroxylation sites is 2. The molecule has 0 fully saturated rings. The molecule has 0 saturated heterocycles. The second kappa shape index (κ2) is 9.16. The van der Waals surface area contributed by atoms with E-state index in [1.807, 2.05) is 47.9 Å². The predicted octanol–water partition coefficient (Wildman–Crippen LogP) is 5.59. The Labute approximate surface area is 211 Å². The molecule has 1 aliphatic rings. The number of aryl methyl sites for hydroxylation is 2. The third-order valence-electron chi connectivity index (χ3n) is 5.90. The van der Waals surface area contributed by atoms with Crippen LogP contribution in [0.3, 0.4) is 0 Å². The zero-order valence-corrected chi connectivity index (χ0v) is 21.2. The average Bonchev–Trinajstić information content (AvgIpc) is 3.32. The molecule has 4 aromatic rings. The smallest absolute Gasteiger partial charge is 0.321 e. The highest BCUT2D eigenvalue weighted by atomic mass is 35.5. The van der Waals surface area contributed by atoms with E-state index < -0.39 is 12.2 Å². The standard InChI is InChI=1S/C25H23ClN6O2S/c1-13-14(2)35-24-20(13)21(16-9-11-17(26)12-10-16)28-22(23-31-30-15(3)32(23)24)29-25(33)27-18-7-5-6-8-19(18)34-4/h5-12,22H,1-4H3,(H2,27,29,33). The van der Waals surface area contributed by atoms with E-state index in [-0.39, 0.29) is 0 Å². The summed E-state index contributed by atoms with van der Waals surface area (Å²) in [4.78, 5) is 19.3. The number of amides is 2. The van der Waals surface area contributed by atoms with Crippen molar-refractivity contribution < 1.29 is 9.53 Å². The zero-order chi connectivity index (χ0) is 24.7. The maximum Gasteiger partial charge on any atom is 0.321 e. The monoisotopic (exact) mass is 506 g/mol. The maximum atomic E-state index is 13.1. The molecule has 0 spiro atoms. The van der Waals surface area contributed by atoms with Crippen LogP contribution in [0, 0.1) is 20.8 Å². The molecule has 2 aromatic carbocycles. The molecule has 3 heterocycles. The van der Waals surface area contributed by atoms with Crippen molar-refractivity contribution in [1.29, 1.82) is 0 Å². The van der Waals surface area contributed by atoms with Crippen molar-refractivity contribution in [3.8, 4) is 10.8 Å². The number of halogens is 1. The number of aliphatic imine (C=N–C) groups is 1. The molecule has 0 saturated carbocycles. The van der Waals surface area contributed by atoms with Gasteiger partial charge in [-0.2, -0.15) is 0 Å². The van der Waals surface area contributed by atoms with Crippen LogP contribution in [-0.2, 0) is 0 Å². The fraction of sp³-hybridized carbons (Fsp3) is 0.200. The third-order valence-corrected chi connectivity index (χ3v) is 7.34. The van der Waals surface area contributed by atoms with Crippen molar-refractivity contribution >= 4 is 40.4 Å². The first-order valence-corrected chi connectivity index (χ1v) is 12.1. The van der Waals surface area contributed by atoms with E-state index in [0.29, 0.717) is 28.1 Å². The summed E-state index contributed by atoms with van der Waals surface area (Å²) < 4.78 is 7.32. The lowest BCUT2D eigenvalue weighted by Gasteiger charge is -2.16. The van der Waals surface area contributed by atoms with Gasteiger partial charge >= 0.3 is 6.03 Å². The summed E-state index contributed by atoms with van der Waals surface area (Å²) in [6, 6.07) is 14.3. The number of carbonyl (C=O) groups is 1. The number of thiophene rings is 1. The summed E-state index contributed by atoms with van der Waals surface area (Å²) in [6.45, 7) is 6.06. The van der Waals surface area contributed by atoms with E-state index in [4.69, 9.17) is 21.3 Å². The molecule has 1 atom stereocenters. The number of nitrogens with zero attached hydrogens (tertiary/aromatic N) is 4. The average molecular weight is 507 g/mol. The number of ether oxygens (including phenoxy) is 1. The first-order chi connectivity index (χ1) is 16.9. The van der Waals surface area contributed by atoms with Gasteiger partial charge in [-0.15, -0.1) is 21.5 Å².